The normalized spacial score (nSPS) is 11.1. The Balaban J connectivity index is 1.78. The van der Waals surface area contributed by atoms with Gasteiger partial charge >= 0.3 is 0 Å². The van der Waals surface area contributed by atoms with Crippen LogP contribution in [0.1, 0.15) is 11.1 Å². The molecule has 0 aliphatic heterocycles. The minimum Gasteiger partial charge on any atom is -0.487 e. The lowest BCUT2D eigenvalue weighted by molar-refractivity contribution is -0.112. The van der Waals surface area contributed by atoms with Crippen LogP contribution in [0.25, 0.3) is 6.08 Å². The molecule has 9 heteroatoms. The van der Waals surface area contributed by atoms with Gasteiger partial charge in [0.15, 0.2) is 0 Å². The number of halogens is 5. The monoisotopic (exact) mass is 660 g/mol. The maximum atomic E-state index is 12.5. The third kappa shape index (κ3) is 6.40. The fourth-order valence-corrected chi connectivity index (χ4v) is 4.91. The summed E-state index contributed by atoms with van der Waals surface area (Å²) in [6, 6.07) is 17.7. The smallest absolute Gasteiger partial charge is 0.266 e. The van der Waals surface area contributed by atoms with Gasteiger partial charge in [0.25, 0.3) is 5.91 Å². The van der Waals surface area contributed by atoms with Crippen LogP contribution in [0.5, 0.6) is 5.75 Å². The molecule has 3 rings (SSSR count). The predicted octanol–water partition coefficient (Wildman–Crippen LogP) is 8.14. The molecule has 0 saturated heterocycles. The van der Waals surface area contributed by atoms with Crippen LogP contribution in [0.3, 0.4) is 0 Å². The number of benzene rings is 3. The maximum Gasteiger partial charge on any atom is 0.266 e. The zero-order valence-electron chi connectivity index (χ0n) is 16.1. The van der Waals surface area contributed by atoms with Crippen molar-refractivity contribution >= 4 is 91.0 Å². The Morgan fingerprint density at radius 1 is 1.09 bits per heavy atom. The molecule has 32 heavy (non-hydrogen) atoms. The molecule has 0 radical (unpaired) electrons. The van der Waals surface area contributed by atoms with Crippen LogP contribution < -0.4 is 10.1 Å². The number of carbonyl (C=O) groups excluding carboxylic acids is 1. The van der Waals surface area contributed by atoms with Crippen LogP contribution in [-0.4, -0.2) is 5.91 Å². The largest absolute Gasteiger partial charge is 0.487 e. The van der Waals surface area contributed by atoms with Crippen molar-refractivity contribution in [1.29, 1.82) is 5.26 Å². The van der Waals surface area contributed by atoms with Gasteiger partial charge in [0, 0.05) is 16.3 Å². The first-order valence-electron chi connectivity index (χ1n) is 9.02. The van der Waals surface area contributed by atoms with Crippen molar-refractivity contribution in [3.63, 3.8) is 0 Å². The molecule has 0 heterocycles. The molecular weight excluding hydrogens is 649 g/mol. The van der Waals surface area contributed by atoms with E-state index < -0.39 is 5.91 Å². The maximum absolute atomic E-state index is 12.5. The van der Waals surface area contributed by atoms with Crippen molar-refractivity contribution < 1.29 is 9.53 Å². The molecule has 0 aliphatic carbocycles. The van der Waals surface area contributed by atoms with Gasteiger partial charge in [-0.3, -0.25) is 4.79 Å². The highest BCUT2D eigenvalue weighted by atomic mass is 127. The van der Waals surface area contributed by atoms with Crippen molar-refractivity contribution in [3.8, 4) is 11.8 Å². The number of anilines is 1. The van der Waals surface area contributed by atoms with Crippen molar-refractivity contribution in [2.45, 2.75) is 6.61 Å². The highest BCUT2D eigenvalue weighted by molar-refractivity contribution is 14.1. The van der Waals surface area contributed by atoms with Gasteiger partial charge in [-0.15, -0.1) is 0 Å². The van der Waals surface area contributed by atoms with Crippen LogP contribution in [0.2, 0.25) is 15.1 Å². The molecule has 1 amide bonds. The fourth-order valence-electron chi connectivity index (χ4n) is 2.65. The van der Waals surface area contributed by atoms with E-state index in [9.17, 15) is 10.1 Å². The molecule has 0 unspecified atom stereocenters. The zero-order valence-corrected chi connectivity index (χ0v) is 22.1. The summed E-state index contributed by atoms with van der Waals surface area (Å²) < 4.78 is 7.43. The summed E-state index contributed by atoms with van der Waals surface area (Å²) in [6.45, 7) is 0.305. The first-order valence-corrected chi connectivity index (χ1v) is 12.0. The number of nitriles is 1. The Labute approximate surface area is 222 Å². The zero-order chi connectivity index (χ0) is 23.3. The van der Waals surface area contributed by atoms with Gasteiger partial charge in [-0.1, -0.05) is 53.0 Å². The summed E-state index contributed by atoms with van der Waals surface area (Å²) in [5.74, 6) is 0.0810. The number of hydrogen-bond donors (Lipinski definition) is 1. The Morgan fingerprint density at radius 3 is 2.50 bits per heavy atom. The second-order valence-corrected chi connectivity index (χ2v) is 9.68. The molecule has 0 aromatic heterocycles. The summed E-state index contributed by atoms with van der Waals surface area (Å²) in [5, 5.41) is 13.4. The van der Waals surface area contributed by atoms with Gasteiger partial charge in [0.2, 0.25) is 0 Å². The molecule has 4 nitrogen and oxygen atoms in total. The number of carbonyl (C=O) groups is 1. The molecule has 0 bridgehead atoms. The standard InChI is InChI=1S/C23H13BrCl3IN2O2/c24-17-8-13(9-21(28)22(17)32-12-14-3-1-2-4-18(14)25)7-15(11-29)23(31)30-16-5-6-19(26)20(27)10-16/h1-10H,12H2,(H,30,31)/b15-7+. The van der Waals surface area contributed by atoms with Crippen LogP contribution >= 0.6 is 73.3 Å². The number of hydrogen-bond acceptors (Lipinski definition) is 3. The average molecular weight is 663 g/mol. The Kier molecular flexibility index (Phi) is 8.86. The number of ether oxygens (including phenoxy) is 1. The van der Waals surface area contributed by atoms with Crippen LogP contribution in [0, 0.1) is 14.9 Å². The van der Waals surface area contributed by atoms with E-state index >= 15 is 0 Å². The van der Waals surface area contributed by atoms with E-state index in [1.807, 2.05) is 30.3 Å². The summed E-state index contributed by atoms with van der Waals surface area (Å²) in [5.41, 5.74) is 1.90. The molecule has 162 valence electrons. The third-order valence-electron chi connectivity index (χ3n) is 4.20. The molecule has 1 N–H and O–H groups in total. The molecule has 0 saturated carbocycles. The number of rotatable bonds is 6. The summed E-state index contributed by atoms with van der Waals surface area (Å²) in [4.78, 5) is 12.5. The Bertz CT molecular complexity index is 1240. The minimum atomic E-state index is -0.559. The van der Waals surface area contributed by atoms with E-state index in [2.05, 4.69) is 43.8 Å². The lowest BCUT2D eigenvalue weighted by Gasteiger charge is -2.12. The van der Waals surface area contributed by atoms with Crippen LogP contribution in [-0.2, 0) is 11.4 Å². The first kappa shape index (κ1) is 24.9. The molecule has 3 aromatic carbocycles. The molecule has 3 aromatic rings. The highest BCUT2D eigenvalue weighted by Crippen LogP contribution is 2.34. The van der Waals surface area contributed by atoms with Crippen molar-refractivity contribution in [1.82, 2.24) is 0 Å². The summed E-state index contributed by atoms with van der Waals surface area (Å²) >= 11 is 23.7. The first-order chi connectivity index (χ1) is 15.3. The van der Waals surface area contributed by atoms with Crippen molar-refractivity contribution in [3.05, 3.63) is 94.4 Å². The van der Waals surface area contributed by atoms with Gasteiger partial charge in [-0.25, -0.2) is 0 Å². The summed E-state index contributed by atoms with van der Waals surface area (Å²) in [7, 11) is 0. The van der Waals surface area contributed by atoms with E-state index in [1.54, 1.807) is 24.3 Å². The number of nitrogens with one attached hydrogen (secondary N) is 1. The fraction of sp³-hybridized carbons (Fsp3) is 0.0435. The van der Waals surface area contributed by atoms with Crippen LogP contribution in [0.4, 0.5) is 5.69 Å². The molecule has 0 aliphatic rings. The van der Waals surface area contributed by atoms with Crippen molar-refractivity contribution in [2.75, 3.05) is 5.32 Å². The van der Waals surface area contributed by atoms with Gasteiger partial charge < -0.3 is 10.1 Å². The molecule has 0 spiro atoms. The highest BCUT2D eigenvalue weighted by Gasteiger charge is 2.14. The quantitative estimate of drug-likeness (QED) is 0.165. The summed E-state index contributed by atoms with van der Waals surface area (Å²) in [6.07, 6.45) is 1.50. The Morgan fingerprint density at radius 2 is 1.84 bits per heavy atom. The van der Waals surface area contributed by atoms with Crippen LogP contribution in [0.15, 0.2) is 64.6 Å². The van der Waals surface area contributed by atoms with E-state index in [-0.39, 0.29) is 5.57 Å². The predicted molar refractivity (Wildman–Crippen MR) is 141 cm³/mol. The lowest BCUT2D eigenvalue weighted by atomic mass is 10.1. The topological polar surface area (TPSA) is 62.1 Å². The average Bonchev–Trinajstić information content (AvgIpc) is 2.75. The van der Waals surface area contributed by atoms with E-state index in [1.165, 1.54) is 12.1 Å². The van der Waals surface area contributed by atoms with Gasteiger partial charge in [-0.2, -0.15) is 5.26 Å². The van der Waals surface area contributed by atoms with E-state index in [0.717, 1.165) is 9.13 Å². The van der Waals surface area contributed by atoms with Gasteiger partial charge in [0.1, 0.15) is 24.0 Å². The minimum absolute atomic E-state index is 0.0662. The van der Waals surface area contributed by atoms with Gasteiger partial charge in [-0.05, 0) is 86.6 Å². The second kappa shape index (κ2) is 11.4. The number of nitrogens with zero attached hydrogens (tertiary/aromatic N) is 1. The molecular formula is C23H13BrCl3IN2O2. The molecule has 0 fully saturated rings. The number of amides is 1. The van der Waals surface area contributed by atoms with Gasteiger partial charge in [0.05, 0.1) is 18.1 Å². The SMILES string of the molecule is N#C/C(=C\c1cc(Br)c(OCc2ccccc2Cl)c(I)c1)C(=O)Nc1ccc(Cl)c(Cl)c1. The van der Waals surface area contributed by atoms with E-state index in [0.29, 0.717) is 43.1 Å². The van der Waals surface area contributed by atoms with Crippen molar-refractivity contribution in [2.24, 2.45) is 0 Å². The Hall–Kier alpha value is -1.76. The third-order valence-corrected chi connectivity index (χ3v) is 6.70. The lowest BCUT2D eigenvalue weighted by Crippen LogP contribution is -2.13. The second-order valence-electron chi connectivity index (χ2n) is 6.45. The van der Waals surface area contributed by atoms with E-state index in [4.69, 9.17) is 39.5 Å². The molecule has 0 atom stereocenters.